The summed E-state index contributed by atoms with van der Waals surface area (Å²) in [6.07, 6.45) is 1.31. The van der Waals surface area contributed by atoms with Crippen molar-refractivity contribution in [3.8, 4) is 11.3 Å². The van der Waals surface area contributed by atoms with Gasteiger partial charge in [0.1, 0.15) is 11.6 Å². The summed E-state index contributed by atoms with van der Waals surface area (Å²) in [5.74, 6) is -0.275. The average Bonchev–Trinajstić information content (AvgIpc) is 2.95. The molecule has 0 bridgehead atoms. The molecule has 0 radical (unpaired) electrons. The minimum atomic E-state index is -0.393. The monoisotopic (exact) mass is 291 g/mol. The quantitative estimate of drug-likeness (QED) is 0.860. The average molecular weight is 291 g/mol. The van der Waals surface area contributed by atoms with Gasteiger partial charge in [-0.3, -0.25) is 4.79 Å². The lowest BCUT2D eigenvalue weighted by Gasteiger charge is -2.11. The number of aliphatic hydroxyl groups excluding tert-OH is 1. The lowest BCUT2D eigenvalue weighted by Crippen LogP contribution is -2.32. The van der Waals surface area contributed by atoms with E-state index in [0.29, 0.717) is 24.2 Å². The smallest absolute Gasteiger partial charge is 0.287 e. The highest BCUT2D eigenvalue weighted by atomic mass is 19.1. The van der Waals surface area contributed by atoms with Gasteiger partial charge in [-0.05, 0) is 44.0 Å². The number of benzene rings is 1. The number of hydrogen-bond acceptors (Lipinski definition) is 3. The van der Waals surface area contributed by atoms with E-state index in [-0.39, 0.29) is 24.3 Å². The van der Waals surface area contributed by atoms with Crippen LogP contribution in [0.3, 0.4) is 0 Å². The fourth-order valence-electron chi connectivity index (χ4n) is 2.03. The van der Waals surface area contributed by atoms with Crippen LogP contribution in [0.2, 0.25) is 0 Å². The summed E-state index contributed by atoms with van der Waals surface area (Å²) in [5, 5.41) is 11.5. The van der Waals surface area contributed by atoms with E-state index in [9.17, 15) is 9.18 Å². The van der Waals surface area contributed by atoms with Crippen molar-refractivity contribution in [2.24, 2.45) is 0 Å². The zero-order valence-electron chi connectivity index (χ0n) is 11.8. The van der Waals surface area contributed by atoms with Crippen molar-refractivity contribution >= 4 is 5.91 Å². The van der Waals surface area contributed by atoms with Gasteiger partial charge in [0.25, 0.3) is 5.91 Å². The maximum absolute atomic E-state index is 13.7. The summed E-state index contributed by atoms with van der Waals surface area (Å²) in [6, 6.07) is 9.28. The predicted octanol–water partition coefficient (Wildman–Crippen LogP) is 2.98. The highest BCUT2D eigenvalue weighted by Gasteiger charge is 2.15. The Hall–Kier alpha value is -2.14. The molecule has 2 aromatic rings. The standard InChI is InChI=1S/C16H18FNO3/c1-11(5-4-10-19)18-16(20)15-9-8-14(21-15)12-6-2-3-7-13(12)17/h2-3,6-9,11,19H,4-5,10H2,1H3,(H,18,20). The van der Waals surface area contributed by atoms with Crippen molar-refractivity contribution in [2.45, 2.75) is 25.8 Å². The van der Waals surface area contributed by atoms with Gasteiger partial charge in [-0.15, -0.1) is 0 Å². The molecule has 1 unspecified atom stereocenters. The second-order valence-electron chi connectivity index (χ2n) is 4.88. The van der Waals surface area contributed by atoms with Crippen molar-refractivity contribution in [3.63, 3.8) is 0 Å². The molecule has 2 N–H and O–H groups in total. The summed E-state index contributed by atoms with van der Waals surface area (Å²) in [5.41, 5.74) is 0.324. The van der Waals surface area contributed by atoms with Crippen LogP contribution in [0.25, 0.3) is 11.3 Å². The van der Waals surface area contributed by atoms with Gasteiger partial charge in [-0.25, -0.2) is 4.39 Å². The number of carbonyl (C=O) groups is 1. The minimum absolute atomic E-state index is 0.0633. The third-order valence-electron chi connectivity index (χ3n) is 3.14. The number of furan rings is 1. The van der Waals surface area contributed by atoms with Crippen LogP contribution in [0.5, 0.6) is 0 Å². The van der Waals surface area contributed by atoms with Gasteiger partial charge in [0.2, 0.25) is 0 Å². The Bertz CT molecular complexity index is 609. The highest BCUT2D eigenvalue weighted by molar-refractivity contribution is 5.92. The molecular formula is C16H18FNO3. The maximum atomic E-state index is 13.7. The van der Waals surface area contributed by atoms with Crippen LogP contribution in [0.4, 0.5) is 4.39 Å². The number of aliphatic hydroxyl groups is 1. The van der Waals surface area contributed by atoms with Crippen LogP contribution < -0.4 is 5.32 Å². The predicted molar refractivity (Wildman–Crippen MR) is 77.4 cm³/mol. The molecular weight excluding hydrogens is 273 g/mol. The number of hydrogen-bond donors (Lipinski definition) is 2. The van der Waals surface area contributed by atoms with E-state index in [1.54, 1.807) is 24.3 Å². The molecule has 0 aliphatic rings. The Morgan fingerprint density at radius 1 is 1.33 bits per heavy atom. The van der Waals surface area contributed by atoms with Crippen molar-refractivity contribution in [1.82, 2.24) is 5.32 Å². The molecule has 112 valence electrons. The summed E-state index contributed by atoms with van der Waals surface area (Å²) in [4.78, 5) is 12.0. The molecule has 2 rings (SSSR count). The van der Waals surface area contributed by atoms with E-state index in [2.05, 4.69) is 5.32 Å². The summed E-state index contributed by atoms with van der Waals surface area (Å²) in [7, 11) is 0. The molecule has 4 nitrogen and oxygen atoms in total. The molecule has 1 amide bonds. The first-order valence-corrected chi connectivity index (χ1v) is 6.88. The molecule has 21 heavy (non-hydrogen) atoms. The maximum Gasteiger partial charge on any atom is 0.287 e. The van der Waals surface area contributed by atoms with E-state index >= 15 is 0 Å². The fourth-order valence-corrected chi connectivity index (χ4v) is 2.03. The topological polar surface area (TPSA) is 62.5 Å². The van der Waals surface area contributed by atoms with Gasteiger partial charge in [-0.2, -0.15) is 0 Å². The van der Waals surface area contributed by atoms with E-state index < -0.39 is 5.82 Å². The molecule has 0 saturated carbocycles. The van der Waals surface area contributed by atoms with Gasteiger partial charge in [0.05, 0.1) is 5.56 Å². The SMILES string of the molecule is CC(CCCO)NC(=O)c1ccc(-c2ccccc2F)o1. The Balaban J connectivity index is 2.06. The molecule has 1 aromatic carbocycles. The normalized spacial score (nSPS) is 12.1. The Morgan fingerprint density at radius 2 is 2.10 bits per heavy atom. The van der Waals surface area contributed by atoms with Crippen LogP contribution in [0.1, 0.15) is 30.3 Å². The molecule has 0 spiro atoms. The number of carbonyl (C=O) groups excluding carboxylic acids is 1. The van der Waals surface area contributed by atoms with E-state index in [0.717, 1.165) is 0 Å². The zero-order chi connectivity index (χ0) is 15.2. The molecule has 0 aliphatic carbocycles. The van der Waals surface area contributed by atoms with Crippen molar-refractivity contribution in [2.75, 3.05) is 6.61 Å². The second-order valence-corrected chi connectivity index (χ2v) is 4.88. The third kappa shape index (κ3) is 3.92. The molecule has 1 heterocycles. The van der Waals surface area contributed by atoms with Gasteiger partial charge >= 0.3 is 0 Å². The van der Waals surface area contributed by atoms with Crippen LogP contribution in [-0.2, 0) is 0 Å². The summed E-state index contributed by atoms with van der Waals surface area (Å²) < 4.78 is 19.1. The van der Waals surface area contributed by atoms with E-state index in [1.807, 2.05) is 6.92 Å². The van der Waals surface area contributed by atoms with E-state index in [4.69, 9.17) is 9.52 Å². The molecule has 0 saturated heterocycles. The minimum Gasteiger partial charge on any atom is -0.451 e. The molecule has 1 aromatic heterocycles. The second kappa shape index (κ2) is 7.04. The van der Waals surface area contributed by atoms with Gasteiger partial charge in [0.15, 0.2) is 5.76 Å². The first kappa shape index (κ1) is 15.3. The Kier molecular flexibility index (Phi) is 5.11. The van der Waals surface area contributed by atoms with Gasteiger partial charge in [0, 0.05) is 12.6 Å². The lowest BCUT2D eigenvalue weighted by molar-refractivity contribution is 0.0909. The lowest BCUT2D eigenvalue weighted by atomic mass is 10.1. The molecule has 5 heteroatoms. The number of halogens is 1. The molecule has 1 atom stereocenters. The van der Waals surface area contributed by atoms with Crippen LogP contribution in [0.15, 0.2) is 40.8 Å². The summed E-state index contributed by atoms with van der Waals surface area (Å²) >= 11 is 0. The van der Waals surface area contributed by atoms with Crippen molar-refractivity contribution in [1.29, 1.82) is 0 Å². The van der Waals surface area contributed by atoms with Crippen LogP contribution >= 0.6 is 0 Å². The van der Waals surface area contributed by atoms with Crippen LogP contribution in [-0.4, -0.2) is 23.7 Å². The largest absolute Gasteiger partial charge is 0.451 e. The number of amides is 1. The highest BCUT2D eigenvalue weighted by Crippen LogP contribution is 2.24. The van der Waals surface area contributed by atoms with Crippen molar-refractivity contribution in [3.05, 3.63) is 48.0 Å². The molecule has 0 fully saturated rings. The Labute approximate surface area is 122 Å². The van der Waals surface area contributed by atoms with Crippen molar-refractivity contribution < 1.29 is 18.7 Å². The first-order valence-electron chi connectivity index (χ1n) is 6.88. The van der Waals surface area contributed by atoms with Gasteiger partial charge in [-0.1, -0.05) is 12.1 Å². The fraction of sp³-hybridized carbons (Fsp3) is 0.312. The van der Waals surface area contributed by atoms with E-state index in [1.165, 1.54) is 12.1 Å². The molecule has 0 aliphatic heterocycles. The number of rotatable bonds is 6. The number of nitrogens with one attached hydrogen (secondary N) is 1. The van der Waals surface area contributed by atoms with Crippen LogP contribution in [0, 0.1) is 5.82 Å². The third-order valence-corrected chi connectivity index (χ3v) is 3.14. The van der Waals surface area contributed by atoms with Gasteiger partial charge < -0.3 is 14.8 Å². The Morgan fingerprint density at radius 3 is 2.81 bits per heavy atom. The first-order chi connectivity index (χ1) is 10.1. The summed E-state index contributed by atoms with van der Waals surface area (Å²) in [6.45, 7) is 1.95. The zero-order valence-corrected chi connectivity index (χ0v) is 11.8.